The van der Waals surface area contributed by atoms with Gasteiger partial charge in [-0.25, -0.2) is 4.68 Å². The molecule has 0 aliphatic rings. The Morgan fingerprint density at radius 1 is 1.35 bits per heavy atom. The molecule has 0 saturated carbocycles. The number of sulfonamides is 1. The van der Waals surface area contributed by atoms with Crippen molar-refractivity contribution in [3.05, 3.63) is 16.9 Å². The predicted octanol–water partition coefficient (Wildman–Crippen LogP) is 0.112. The number of halogens is 1. The Kier molecular flexibility index (Phi) is 2.91. The second-order valence-electron chi connectivity index (χ2n) is 3.25. The van der Waals surface area contributed by atoms with Gasteiger partial charge >= 0.3 is 0 Å². The first-order valence-corrected chi connectivity index (χ1v) is 6.75. The third-order valence-corrected chi connectivity index (χ3v) is 4.29. The lowest BCUT2D eigenvalue weighted by molar-refractivity contribution is 0.578. The average molecular weight is 321 g/mol. The van der Waals surface area contributed by atoms with Crippen LogP contribution in [0.4, 0.5) is 5.82 Å². The van der Waals surface area contributed by atoms with Crippen molar-refractivity contribution in [1.82, 2.24) is 24.8 Å². The van der Waals surface area contributed by atoms with E-state index in [2.05, 4.69) is 36.1 Å². The molecule has 0 fully saturated rings. The third-order valence-electron chi connectivity index (χ3n) is 2.05. The molecule has 0 aliphatic heterocycles. The molecule has 0 saturated heterocycles. The third kappa shape index (κ3) is 2.17. The summed E-state index contributed by atoms with van der Waals surface area (Å²) in [7, 11) is -0.615. The molecule has 2 heterocycles. The first-order chi connectivity index (χ1) is 7.92. The molecule has 2 aromatic heterocycles. The number of hydrogen-bond donors (Lipinski definition) is 1. The molecule has 10 heteroatoms. The molecular weight excluding hydrogens is 312 g/mol. The second-order valence-corrected chi connectivity index (χ2v) is 5.60. The Balaban J connectivity index is 2.42. The van der Waals surface area contributed by atoms with Gasteiger partial charge in [0.25, 0.3) is 10.0 Å². The maximum Gasteiger partial charge on any atom is 0.283 e. The first-order valence-electron chi connectivity index (χ1n) is 4.48. The van der Waals surface area contributed by atoms with Crippen molar-refractivity contribution in [1.29, 1.82) is 0 Å². The zero-order valence-electron chi connectivity index (χ0n) is 8.99. The molecule has 8 nitrogen and oxygen atoms in total. The molecule has 0 amide bonds. The zero-order valence-corrected chi connectivity index (χ0v) is 11.4. The van der Waals surface area contributed by atoms with Gasteiger partial charge < -0.3 is 0 Å². The van der Waals surface area contributed by atoms with Crippen molar-refractivity contribution in [2.75, 3.05) is 4.72 Å². The van der Waals surface area contributed by atoms with Gasteiger partial charge in [0.15, 0.2) is 4.60 Å². The normalized spacial score (nSPS) is 11.7. The molecule has 0 bridgehead atoms. The number of nitrogens with zero attached hydrogens (tertiary/aromatic N) is 5. The standard InChI is InChI=1S/C7H9BrN6O2S/c1-13-5(3-4-9-13)11-17(15,16)7-6(8)10-12-14(7)2/h3-4,11H,1-2H3. The van der Waals surface area contributed by atoms with E-state index in [4.69, 9.17) is 0 Å². The first kappa shape index (κ1) is 12.0. The van der Waals surface area contributed by atoms with Crippen LogP contribution in [0.15, 0.2) is 21.9 Å². The van der Waals surface area contributed by atoms with E-state index in [9.17, 15) is 8.42 Å². The van der Waals surface area contributed by atoms with Gasteiger partial charge in [-0.2, -0.15) is 13.5 Å². The van der Waals surface area contributed by atoms with E-state index in [1.807, 2.05) is 0 Å². The summed E-state index contributed by atoms with van der Waals surface area (Å²) < 4.78 is 29.3. The fourth-order valence-corrected chi connectivity index (χ4v) is 3.45. The molecule has 0 unspecified atom stereocenters. The molecular formula is C7H9BrN6O2S. The van der Waals surface area contributed by atoms with Crippen LogP contribution in [0.3, 0.4) is 0 Å². The SMILES string of the molecule is Cn1nccc1NS(=O)(=O)c1c(Br)nnn1C. The quantitative estimate of drug-likeness (QED) is 0.866. The summed E-state index contributed by atoms with van der Waals surface area (Å²) in [5.41, 5.74) is 0. The number of anilines is 1. The van der Waals surface area contributed by atoms with Crippen LogP contribution in [0.1, 0.15) is 0 Å². The van der Waals surface area contributed by atoms with Gasteiger partial charge in [0.1, 0.15) is 5.82 Å². The van der Waals surface area contributed by atoms with Crippen LogP contribution in [-0.4, -0.2) is 33.2 Å². The van der Waals surface area contributed by atoms with Crippen molar-refractivity contribution < 1.29 is 8.42 Å². The van der Waals surface area contributed by atoms with Gasteiger partial charge in [-0.05, 0) is 15.9 Å². The summed E-state index contributed by atoms with van der Waals surface area (Å²) in [5, 5.41) is 11.1. The number of hydrogen-bond acceptors (Lipinski definition) is 5. The van der Waals surface area contributed by atoms with Gasteiger partial charge in [-0.15, -0.1) is 5.10 Å². The Bertz CT molecular complexity index is 626. The van der Waals surface area contributed by atoms with E-state index < -0.39 is 10.0 Å². The summed E-state index contributed by atoms with van der Waals surface area (Å²) in [4.78, 5) is 0. The van der Waals surface area contributed by atoms with Crippen LogP contribution in [0, 0.1) is 0 Å². The van der Waals surface area contributed by atoms with Crippen LogP contribution < -0.4 is 4.72 Å². The highest BCUT2D eigenvalue weighted by Gasteiger charge is 2.24. The lowest BCUT2D eigenvalue weighted by atomic mass is 10.7. The molecule has 2 rings (SSSR count). The van der Waals surface area contributed by atoms with Gasteiger partial charge in [0.05, 0.1) is 6.20 Å². The van der Waals surface area contributed by atoms with Crippen LogP contribution in [0.25, 0.3) is 0 Å². The minimum atomic E-state index is -3.74. The monoisotopic (exact) mass is 320 g/mol. The topological polar surface area (TPSA) is 94.7 Å². The van der Waals surface area contributed by atoms with Gasteiger partial charge in [0, 0.05) is 20.2 Å². The molecule has 0 aromatic carbocycles. The molecule has 0 radical (unpaired) electrons. The fourth-order valence-electron chi connectivity index (χ4n) is 1.27. The number of rotatable bonds is 3. The Hall–Kier alpha value is -1.42. The van der Waals surface area contributed by atoms with E-state index in [-0.39, 0.29) is 9.63 Å². The van der Waals surface area contributed by atoms with Crippen molar-refractivity contribution in [3.63, 3.8) is 0 Å². The number of aryl methyl sites for hydroxylation is 2. The van der Waals surface area contributed by atoms with E-state index in [0.717, 1.165) is 0 Å². The van der Waals surface area contributed by atoms with Crippen molar-refractivity contribution in [3.8, 4) is 0 Å². The highest BCUT2D eigenvalue weighted by molar-refractivity contribution is 9.10. The molecule has 1 N–H and O–H groups in total. The lowest BCUT2D eigenvalue weighted by Gasteiger charge is -2.07. The summed E-state index contributed by atoms with van der Waals surface area (Å²) in [5.74, 6) is 0.359. The Morgan fingerprint density at radius 2 is 2.06 bits per heavy atom. The second kappa shape index (κ2) is 4.11. The van der Waals surface area contributed by atoms with Crippen LogP contribution in [0.5, 0.6) is 0 Å². The molecule has 92 valence electrons. The average Bonchev–Trinajstić information content (AvgIpc) is 2.74. The van der Waals surface area contributed by atoms with Crippen molar-refractivity contribution >= 4 is 31.8 Å². The van der Waals surface area contributed by atoms with Crippen LogP contribution >= 0.6 is 15.9 Å². The predicted molar refractivity (Wildman–Crippen MR) is 62.7 cm³/mol. The van der Waals surface area contributed by atoms with E-state index >= 15 is 0 Å². The Morgan fingerprint density at radius 3 is 2.53 bits per heavy atom. The Labute approximate surface area is 106 Å². The fraction of sp³-hybridized carbons (Fsp3) is 0.286. The van der Waals surface area contributed by atoms with Crippen molar-refractivity contribution in [2.24, 2.45) is 14.1 Å². The molecule has 0 aliphatic carbocycles. The van der Waals surface area contributed by atoms with Gasteiger partial charge in [0.2, 0.25) is 5.03 Å². The van der Waals surface area contributed by atoms with Gasteiger partial charge in [-0.3, -0.25) is 9.40 Å². The van der Waals surface area contributed by atoms with E-state index in [1.54, 1.807) is 13.1 Å². The molecule has 2 aromatic rings. The number of aromatic nitrogens is 5. The minimum absolute atomic E-state index is 0.0429. The summed E-state index contributed by atoms with van der Waals surface area (Å²) in [6.07, 6.45) is 1.49. The van der Waals surface area contributed by atoms with Crippen molar-refractivity contribution in [2.45, 2.75) is 5.03 Å². The molecule has 17 heavy (non-hydrogen) atoms. The zero-order chi connectivity index (χ0) is 12.6. The molecule has 0 spiro atoms. The highest BCUT2D eigenvalue weighted by Crippen LogP contribution is 2.20. The van der Waals surface area contributed by atoms with Crippen LogP contribution in [-0.2, 0) is 24.1 Å². The maximum atomic E-state index is 12.1. The summed E-state index contributed by atoms with van der Waals surface area (Å²) >= 11 is 3.04. The smallest absolute Gasteiger partial charge is 0.262 e. The highest BCUT2D eigenvalue weighted by atomic mass is 79.9. The summed E-state index contributed by atoms with van der Waals surface area (Å²) in [6.45, 7) is 0. The van der Waals surface area contributed by atoms with E-state index in [0.29, 0.717) is 5.82 Å². The maximum absolute atomic E-state index is 12.1. The van der Waals surface area contributed by atoms with Gasteiger partial charge in [-0.1, -0.05) is 5.21 Å². The molecule has 0 atom stereocenters. The number of nitrogens with one attached hydrogen (secondary N) is 1. The lowest BCUT2D eigenvalue weighted by Crippen LogP contribution is -2.18. The van der Waals surface area contributed by atoms with Crippen LogP contribution in [0.2, 0.25) is 0 Å². The van der Waals surface area contributed by atoms with E-state index in [1.165, 1.54) is 22.6 Å². The minimum Gasteiger partial charge on any atom is -0.262 e. The largest absolute Gasteiger partial charge is 0.283 e. The summed E-state index contributed by atoms with van der Waals surface area (Å²) in [6, 6.07) is 1.55.